The molecule has 1 amide bonds. The summed E-state index contributed by atoms with van der Waals surface area (Å²) < 4.78 is 7.54. The number of aromatic nitrogens is 4. The van der Waals surface area contributed by atoms with Crippen molar-refractivity contribution in [3.63, 3.8) is 0 Å². The zero-order chi connectivity index (χ0) is 24.2. The van der Waals surface area contributed by atoms with Crippen molar-refractivity contribution in [3.8, 4) is 21.9 Å². The molecule has 174 valence electrons. The van der Waals surface area contributed by atoms with Crippen LogP contribution in [0, 0.1) is 0 Å². The third-order valence-electron chi connectivity index (χ3n) is 5.08. The smallest absolute Gasteiger partial charge is 0.250 e. The first-order chi connectivity index (χ1) is 17.1. The number of amides is 1. The largest absolute Gasteiger partial charge is 0.457 e. The van der Waals surface area contributed by atoms with Crippen LogP contribution in [-0.4, -0.2) is 30.8 Å². The number of hydrogen-bond donors (Lipinski definition) is 2. The second-order valence-electron chi connectivity index (χ2n) is 7.49. The van der Waals surface area contributed by atoms with Gasteiger partial charge in [-0.3, -0.25) is 10.1 Å². The maximum absolute atomic E-state index is 12.3. The third kappa shape index (κ3) is 5.18. The molecule has 5 aromatic rings. The summed E-state index contributed by atoms with van der Waals surface area (Å²) in [7, 11) is 0. The highest BCUT2D eigenvalue weighted by Crippen LogP contribution is 2.27. The number of nitrogens with zero attached hydrogens (tertiary/aromatic N) is 4. The molecule has 0 bridgehead atoms. The lowest BCUT2D eigenvalue weighted by atomic mass is 10.2. The fraction of sp³-hybridized carbons (Fsp3) is 0.0800. The first-order valence-electron chi connectivity index (χ1n) is 10.9. The van der Waals surface area contributed by atoms with Gasteiger partial charge in [-0.05, 0) is 54.7 Å². The van der Waals surface area contributed by atoms with Gasteiger partial charge in [0.1, 0.15) is 16.5 Å². The molecule has 2 aromatic carbocycles. The van der Waals surface area contributed by atoms with E-state index in [2.05, 4.69) is 25.9 Å². The molecule has 0 saturated heterocycles. The molecule has 5 rings (SSSR count). The second-order valence-corrected chi connectivity index (χ2v) is 8.86. The van der Waals surface area contributed by atoms with Crippen LogP contribution in [-0.2, 0) is 11.2 Å². The highest BCUT2D eigenvalue weighted by atomic mass is 32.1. The highest BCUT2D eigenvalue weighted by Gasteiger charge is 2.12. The lowest BCUT2D eigenvalue weighted by Crippen LogP contribution is -2.32. The number of benzene rings is 2. The molecule has 3 aromatic heterocycles. The van der Waals surface area contributed by atoms with Gasteiger partial charge < -0.3 is 9.73 Å². The summed E-state index contributed by atoms with van der Waals surface area (Å²) in [6.07, 6.45) is 3.74. The maximum atomic E-state index is 12.3. The van der Waals surface area contributed by atoms with E-state index in [1.54, 1.807) is 10.6 Å². The van der Waals surface area contributed by atoms with Crippen LogP contribution >= 0.6 is 23.6 Å². The summed E-state index contributed by atoms with van der Waals surface area (Å²) >= 11 is 6.75. The Hall–Kier alpha value is -4.15. The molecule has 0 unspecified atom stereocenters. The normalized spacial score (nSPS) is 11.2. The van der Waals surface area contributed by atoms with Crippen LogP contribution in [0.4, 0.5) is 5.69 Å². The number of furan rings is 1. The minimum atomic E-state index is -0.358. The summed E-state index contributed by atoms with van der Waals surface area (Å²) in [5.74, 6) is 1.79. The molecule has 10 heteroatoms. The average Bonchev–Trinajstić information content (AvgIpc) is 3.60. The van der Waals surface area contributed by atoms with Gasteiger partial charge >= 0.3 is 0 Å². The van der Waals surface area contributed by atoms with Crippen molar-refractivity contribution in [2.75, 3.05) is 5.32 Å². The SMILES string of the molecule is CCc1nnc2sc(-c3ccc(NC(=S)NC(=O)/C=C/c4ccc(-c5ccccc5)o4)cc3)nn12. The molecule has 35 heavy (non-hydrogen) atoms. The third-order valence-corrected chi connectivity index (χ3v) is 6.23. The number of thiocarbonyl (C=S) groups is 1. The van der Waals surface area contributed by atoms with E-state index in [1.807, 2.05) is 73.7 Å². The number of nitrogens with one attached hydrogen (secondary N) is 2. The van der Waals surface area contributed by atoms with Crippen molar-refractivity contribution in [1.29, 1.82) is 0 Å². The Morgan fingerprint density at radius 2 is 1.86 bits per heavy atom. The molecule has 0 fully saturated rings. The van der Waals surface area contributed by atoms with Crippen molar-refractivity contribution in [3.05, 3.63) is 84.4 Å². The monoisotopic (exact) mass is 500 g/mol. The van der Waals surface area contributed by atoms with Crippen molar-refractivity contribution < 1.29 is 9.21 Å². The zero-order valence-corrected chi connectivity index (χ0v) is 20.3. The standard InChI is InChI=1S/C25H20N6O2S2/c1-2-21-28-29-25-31(21)30-23(35-25)17-8-10-18(11-9-17)26-24(34)27-22(32)15-13-19-12-14-20(33-19)16-6-4-3-5-7-16/h3-15H,2H2,1H3,(H2,26,27,32,34)/b15-13+. The maximum Gasteiger partial charge on any atom is 0.250 e. The highest BCUT2D eigenvalue weighted by molar-refractivity contribution is 7.80. The first kappa shape index (κ1) is 22.6. The Balaban J connectivity index is 1.16. The van der Waals surface area contributed by atoms with Crippen LogP contribution in [0.15, 0.2) is 77.2 Å². The Kier molecular flexibility index (Phi) is 6.47. The summed E-state index contributed by atoms with van der Waals surface area (Å²) in [4.78, 5) is 13.0. The van der Waals surface area contributed by atoms with E-state index in [-0.39, 0.29) is 11.0 Å². The first-order valence-corrected chi connectivity index (χ1v) is 12.1. The molecular formula is C25H20N6O2S2. The van der Waals surface area contributed by atoms with E-state index >= 15 is 0 Å². The van der Waals surface area contributed by atoms with E-state index in [4.69, 9.17) is 16.6 Å². The molecule has 0 radical (unpaired) electrons. The number of anilines is 1. The van der Waals surface area contributed by atoms with Gasteiger partial charge in [0.2, 0.25) is 10.9 Å². The second kappa shape index (κ2) is 10.00. The van der Waals surface area contributed by atoms with Crippen LogP contribution in [0.1, 0.15) is 18.5 Å². The minimum Gasteiger partial charge on any atom is -0.457 e. The summed E-state index contributed by atoms with van der Waals surface area (Å²) in [5, 5.41) is 19.6. The Morgan fingerprint density at radius 3 is 2.63 bits per heavy atom. The van der Waals surface area contributed by atoms with Crippen LogP contribution in [0.3, 0.4) is 0 Å². The fourth-order valence-corrected chi connectivity index (χ4v) is 4.45. The van der Waals surface area contributed by atoms with E-state index < -0.39 is 0 Å². The van der Waals surface area contributed by atoms with E-state index in [1.165, 1.54) is 17.4 Å². The van der Waals surface area contributed by atoms with E-state index in [0.717, 1.165) is 44.8 Å². The molecule has 0 aliphatic carbocycles. The predicted molar refractivity (Wildman–Crippen MR) is 141 cm³/mol. The van der Waals surface area contributed by atoms with E-state index in [9.17, 15) is 4.79 Å². The molecular weight excluding hydrogens is 480 g/mol. The quantitative estimate of drug-likeness (QED) is 0.244. The lowest BCUT2D eigenvalue weighted by Gasteiger charge is -2.08. The summed E-state index contributed by atoms with van der Waals surface area (Å²) in [6.45, 7) is 2.02. The number of rotatable bonds is 6. The van der Waals surface area contributed by atoms with Crippen LogP contribution in [0.2, 0.25) is 0 Å². The topological polar surface area (TPSA) is 97.3 Å². The summed E-state index contributed by atoms with van der Waals surface area (Å²) in [5.41, 5.74) is 2.68. The number of fused-ring (bicyclic) bond motifs is 1. The van der Waals surface area contributed by atoms with Gasteiger partial charge in [0.05, 0.1) is 0 Å². The van der Waals surface area contributed by atoms with E-state index in [0.29, 0.717) is 5.76 Å². The van der Waals surface area contributed by atoms with Gasteiger partial charge in [0.25, 0.3) is 0 Å². The van der Waals surface area contributed by atoms with Crippen molar-refractivity contribution in [2.45, 2.75) is 13.3 Å². The van der Waals surface area contributed by atoms with Crippen molar-refractivity contribution in [2.24, 2.45) is 0 Å². The fourth-order valence-electron chi connectivity index (χ4n) is 3.36. The van der Waals surface area contributed by atoms with Gasteiger partial charge in [-0.25, -0.2) is 0 Å². The zero-order valence-electron chi connectivity index (χ0n) is 18.6. The van der Waals surface area contributed by atoms with Gasteiger partial charge in [-0.15, -0.1) is 10.2 Å². The molecule has 0 spiro atoms. The minimum absolute atomic E-state index is 0.197. The predicted octanol–water partition coefficient (Wildman–Crippen LogP) is 5.20. The Bertz CT molecular complexity index is 1520. The van der Waals surface area contributed by atoms with Crippen LogP contribution < -0.4 is 10.6 Å². The average molecular weight is 501 g/mol. The van der Waals surface area contributed by atoms with Gasteiger partial charge in [0, 0.05) is 29.3 Å². The van der Waals surface area contributed by atoms with Gasteiger partial charge in [-0.2, -0.15) is 9.61 Å². The number of carbonyl (C=O) groups excluding carboxylic acids is 1. The number of carbonyl (C=O) groups is 1. The van der Waals surface area contributed by atoms with Crippen molar-refractivity contribution >= 4 is 51.3 Å². The Morgan fingerprint density at radius 1 is 1.06 bits per heavy atom. The molecule has 8 nitrogen and oxygen atoms in total. The van der Waals surface area contributed by atoms with Gasteiger partial charge in [-0.1, -0.05) is 48.6 Å². The molecule has 0 atom stereocenters. The molecule has 0 saturated carbocycles. The van der Waals surface area contributed by atoms with Gasteiger partial charge in [0.15, 0.2) is 10.9 Å². The van der Waals surface area contributed by atoms with Crippen LogP contribution in [0.5, 0.6) is 0 Å². The molecule has 2 N–H and O–H groups in total. The summed E-state index contributed by atoms with van der Waals surface area (Å²) in [6, 6.07) is 21.1. The Labute approximate surface area is 210 Å². The van der Waals surface area contributed by atoms with Crippen molar-refractivity contribution in [1.82, 2.24) is 25.1 Å². The van der Waals surface area contributed by atoms with Crippen LogP contribution in [0.25, 0.3) is 32.9 Å². The lowest BCUT2D eigenvalue weighted by molar-refractivity contribution is -0.115. The molecule has 0 aliphatic rings. The number of hydrogen-bond acceptors (Lipinski definition) is 7. The molecule has 0 aliphatic heterocycles. The number of aryl methyl sites for hydroxylation is 1. The molecule has 3 heterocycles.